The number of nitrogens with one attached hydrogen (secondary N) is 1. The van der Waals surface area contributed by atoms with Crippen LogP contribution in [0.2, 0.25) is 5.02 Å². The van der Waals surface area contributed by atoms with E-state index in [4.69, 9.17) is 16.7 Å². The maximum atomic E-state index is 15.5. The number of benzene rings is 2. The third kappa shape index (κ3) is 4.83. The van der Waals surface area contributed by atoms with Crippen molar-refractivity contribution in [3.05, 3.63) is 64.8 Å². The molecule has 1 aliphatic rings. The molecule has 0 atom stereocenters. The third-order valence-corrected chi connectivity index (χ3v) is 6.04. The first-order valence-electron chi connectivity index (χ1n) is 11.1. The quantitative estimate of drug-likeness (QED) is 0.428. The third-order valence-electron chi connectivity index (χ3n) is 5.83. The van der Waals surface area contributed by atoms with Gasteiger partial charge in [0, 0.05) is 49.7 Å². The number of halogens is 3. The fourth-order valence-corrected chi connectivity index (χ4v) is 4.18. The molecule has 0 bridgehead atoms. The van der Waals surface area contributed by atoms with Crippen LogP contribution in [0.4, 0.5) is 41.2 Å². The lowest BCUT2D eigenvalue weighted by Crippen LogP contribution is -2.41. The average molecular weight is 527 g/mol. The highest BCUT2D eigenvalue weighted by Crippen LogP contribution is 2.45. The Morgan fingerprint density at radius 1 is 1.22 bits per heavy atom. The molecule has 0 spiro atoms. The van der Waals surface area contributed by atoms with Crippen LogP contribution in [0.15, 0.2) is 42.6 Å². The summed E-state index contributed by atoms with van der Waals surface area (Å²) in [6.07, 6.45) is 0.237. The van der Waals surface area contributed by atoms with Crippen molar-refractivity contribution in [3.8, 4) is 17.2 Å². The zero-order valence-electron chi connectivity index (χ0n) is 19.8. The van der Waals surface area contributed by atoms with E-state index < -0.39 is 29.4 Å². The van der Waals surface area contributed by atoms with Crippen molar-refractivity contribution in [2.75, 3.05) is 41.8 Å². The van der Waals surface area contributed by atoms with Gasteiger partial charge in [0.1, 0.15) is 11.5 Å². The van der Waals surface area contributed by atoms with Crippen LogP contribution in [0.3, 0.4) is 0 Å². The Kier molecular flexibility index (Phi) is 7.13. The lowest BCUT2D eigenvalue weighted by atomic mass is 10.0. The molecule has 2 N–H and O–H groups in total. The summed E-state index contributed by atoms with van der Waals surface area (Å²) >= 11 is 6.19. The molecular formula is C25H21ClF2N6O3. The molecule has 12 heteroatoms. The zero-order chi connectivity index (χ0) is 26.9. The second kappa shape index (κ2) is 10.3. The van der Waals surface area contributed by atoms with Gasteiger partial charge in [-0.1, -0.05) is 17.7 Å². The number of hydrogen-bond donors (Lipinski definition) is 2. The van der Waals surface area contributed by atoms with Gasteiger partial charge in [-0.05, 0) is 37.3 Å². The summed E-state index contributed by atoms with van der Waals surface area (Å²) in [6.45, 7) is 2.01. The maximum Gasteiger partial charge on any atom is 0.407 e. The zero-order valence-corrected chi connectivity index (χ0v) is 20.6. The predicted octanol–water partition coefficient (Wildman–Crippen LogP) is 5.67. The number of aromatic nitrogens is 1. The topological polar surface area (TPSA) is 113 Å². The number of nitriles is 1. The minimum atomic E-state index is -1.14. The van der Waals surface area contributed by atoms with Gasteiger partial charge in [-0.3, -0.25) is 9.80 Å². The summed E-state index contributed by atoms with van der Waals surface area (Å²) in [5.74, 6) is -1.82. The van der Waals surface area contributed by atoms with E-state index in [0.29, 0.717) is 16.1 Å². The molecule has 3 amide bonds. The van der Waals surface area contributed by atoms with Crippen molar-refractivity contribution in [2.24, 2.45) is 0 Å². The largest absolute Gasteiger partial charge is 0.465 e. The number of pyridine rings is 1. The first-order valence-corrected chi connectivity index (χ1v) is 11.5. The number of rotatable bonds is 6. The fraction of sp³-hybridized carbons (Fsp3) is 0.200. The van der Waals surface area contributed by atoms with Crippen LogP contribution in [-0.2, 0) is 0 Å². The van der Waals surface area contributed by atoms with E-state index in [9.17, 15) is 14.9 Å². The number of hydrogen-bond acceptors (Lipinski definition) is 5. The molecule has 1 aromatic heterocycles. The van der Waals surface area contributed by atoms with Crippen molar-refractivity contribution < 1.29 is 23.5 Å². The molecule has 4 rings (SSSR count). The molecule has 0 radical (unpaired) electrons. The molecule has 1 aliphatic heterocycles. The molecule has 0 saturated heterocycles. The van der Waals surface area contributed by atoms with Gasteiger partial charge in [0.05, 0.1) is 22.3 Å². The highest BCUT2D eigenvalue weighted by atomic mass is 35.5. The van der Waals surface area contributed by atoms with Crippen LogP contribution in [-0.4, -0.2) is 53.8 Å². The lowest BCUT2D eigenvalue weighted by molar-refractivity contribution is 0.157. The number of likely N-dealkylation sites (N-methyl/N-ethyl adjacent to an activating group) is 1. The van der Waals surface area contributed by atoms with Crippen molar-refractivity contribution in [1.29, 1.82) is 5.26 Å². The van der Waals surface area contributed by atoms with Crippen molar-refractivity contribution in [1.82, 2.24) is 9.88 Å². The molecule has 3 aromatic rings. The number of carbonyl (C=O) groups excluding carboxylic acids is 1. The van der Waals surface area contributed by atoms with Crippen LogP contribution in [0.5, 0.6) is 0 Å². The van der Waals surface area contributed by atoms with Crippen LogP contribution in [0, 0.1) is 23.0 Å². The Morgan fingerprint density at radius 3 is 2.54 bits per heavy atom. The molecule has 0 saturated carbocycles. The van der Waals surface area contributed by atoms with Crippen molar-refractivity contribution in [2.45, 2.75) is 6.92 Å². The van der Waals surface area contributed by atoms with E-state index in [1.807, 2.05) is 6.07 Å². The number of nitrogens with zero attached hydrogens (tertiary/aromatic N) is 5. The second-order valence-electron chi connectivity index (χ2n) is 8.15. The fourth-order valence-electron chi connectivity index (χ4n) is 4.02. The van der Waals surface area contributed by atoms with E-state index in [-0.39, 0.29) is 42.4 Å². The van der Waals surface area contributed by atoms with Crippen molar-refractivity contribution in [3.63, 3.8) is 0 Å². The monoisotopic (exact) mass is 526 g/mol. The first kappa shape index (κ1) is 25.7. The van der Waals surface area contributed by atoms with Gasteiger partial charge in [0.25, 0.3) is 0 Å². The minimum absolute atomic E-state index is 0.0647. The number of anilines is 4. The minimum Gasteiger partial charge on any atom is -0.465 e. The molecule has 0 aliphatic carbocycles. The number of urea groups is 1. The average Bonchev–Trinajstić information content (AvgIpc) is 2.95. The van der Waals surface area contributed by atoms with Crippen LogP contribution < -0.4 is 15.1 Å². The van der Waals surface area contributed by atoms with Gasteiger partial charge >= 0.3 is 12.1 Å². The Balaban J connectivity index is 1.84. The summed E-state index contributed by atoms with van der Waals surface area (Å²) in [6, 6.07) is 9.34. The lowest BCUT2D eigenvalue weighted by Gasteiger charge is -2.28. The second-order valence-corrected chi connectivity index (χ2v) is 8.59. The van der Waals surface area contributed by atoms with Gasteiger partial charge in [-0.15, -0.1) is 0 Å². The Morgan fingerprint density at radius 2 is 1.92 bits per heavy atom. The van der Waals surface area contributed by atoms with E-state index in [2.05, 4.69) is 10.3 Å². The highest BCUT2D eigenvalue weighted by Gasteiger charge is 2.36. The highest BCUT2D eigenvalue weighted by molar-refractivity contribution is 6.31. The van der Waals surface area contributed by atoms with E-state index in [1.54, 1.807) is 19.1 Å². The number of fused-ring (bicyclic) bond motifs is 3. The molecule has 37 heavy (non-hydrogen) atoms. The molecular weight excluding hydrogens is 506 g/mol. The van der Waals surface area contributed by atoms with E-state index in [1.165, 1.54) is 30.3 Å². The van der Waals surface area contributed by atoms with Crippen LogP contribution >= 0.6 is 11.6 Å². The summed E-state index contributed by atoms with van der Waals surface area (Å²) in [5.41, 5.74) is 0.575. The Labute approximate surface area is 216 Å². The molecule has 0 fully saturated rings. The van der Waals surface area contributed by atoms with Crippen LogP contribution in [0.1, 0.15) is 12.5 Å². The van der Waals surface area contributed by atoms with Gasteiger partial charge in [-0.2, -0.15) is 5.26 Å². The molecule has 2 aromatic carbocycles. The predicted molar refractivity (Wildman–Crippen MR) is 135 cm³/mol. The van der Waals surface area contributed by atoms with Gasteiger partial charge in [-0.25, -0.2) is 23.4 Å². The van der Waals surface area contributed by atoms with Gasteiger partial charge < -0.3 is 15.3 Å². The Bertz CT molecular complexity index is 1420. The van der Waals surface area contributed by atoms with E-state index >= 15 is 8.78 Å². The molecule has 0 unspecified atom stereocenters. The SMILES string of the molecule is CCN1C(=O)N(c2c(F)cc(NCCN(C)C(=O)O)cc2F)c2cc(C#N)ccc2-c2cc(Cl)cnc21. The smallest absolute Gasteiger partial charge is 0.407 e. The molecule has 190 valence electrons. The van der Waals surface area contributed by atoms with Gasteiger partial charge in [0.15, 0.2) is 11.6 Å². The maximum absolute atomic E-state index is 15.5. The Hall–Kier alpha value is -4.43. The summed E-state index contributed by atoms with van der Waals surface area (Å²) < 4.78 is 31.0. The normalized spacial score (nSPS) is 12.4. The van der Waals surface area contributed by atoms with Crippen molar-refractivity contribution >= 4 is 46.6 Å². The number of amides is 3. The molecule has 2 heterocycles. The number of carbonyl (C=O) groups is 2. The van der Waals surface area contributed by atoms with E-state index in [0.717, 1.165) is 21.9 Å². The summed E-state index contributed by atoms with van der Waals surface area (Å²) in [4.78, 5) is 32.2. The first-order chi connectivity index (χ1) is 17.7. The number of carboxylic acid groups (broad SMARTS) is 1. The summed E-state index contributed by atoms with van der Waals surface area (Å²) in [7, 11) is 1.37. The molecule has 9 nitrogen and oxygen atoms in total. The summed E-state index contributed by atoms with van der Waals surface area (Å²) in [5, 5.41) is 21.5. The van der Waals surface area contributed by atoms with Gasteiger partial charge in [0.2, 0.25) is 0 Å². The standard InChI is InChI=1S/C25H21ClF2N6O3/c1-3-33-23-18(9-15(26)13-31-23)17-5-4-14(12-29)8-21(17)34(24(33)35)22-19(27)10-16(11-20(22)28)30-6-7-32(2)25(36)37/h4-5,8-11,13,30H,3,6-7H2,1-2H3,(H,36,37). The van der Waals surface area contributed by atoms with Crippen LogP contribution in [0.25, 0.3) is 11.1 Å².